The average molecular weight is 490 g/mol. The van der Waals surface area contributed by atoms with Gasteiger partial charge in [-0.15, -0.1) is 0 Å². The second kappa shape index (κ2) is 11.6. The Hall–Kier alpha value is -3.78. The van der Waals surface area contributed by atoms with E-state index in [1.54, 1.807) is 19.1 Å². The van der Waals surface area contributed by atoms with Gasteiger partial charge in [-0.1, -0.05) is 54.2 Å². The molecule has 1 atom stereocenters. The number of nitrogens with zero attached hydrogens (tertiary/aromatic N) is 2. The van der Waals surface area contributed by atoms with Crippen molar-refractivity contribution < 1.29 is 19.1 Å². The minimum atomic E-state index is -0.567. The zero-order valence-electron chi connectivity index (χ0n) is 19.6. The molecule has 35 heavy (non-hydrogen) atoms. The zero-order valence-corrected chi connectivity index (χ0v) is 20.5. The van der Waals surface area contributed by atoms with Crippen LogP contribution < -0.4 is 14.8 Å². The van der Waals surface area contributed by atoms with Gasteiger partial charge in [-0.25, -0.2) is 4.99 Å². The molecule has 0 aliphatic carbocycles. The molecule has 4 rings (SSSR count). The number of carbonyl (C=O) groups is 2. The average Bonchev–Trinajstić information content (AvgIpc) is 2.89. The molecular formula is C27H27N3O4S. The van der Waals surface area contributed by atoms with Crippen LogP contribution in [0.1, 0.15) is 12.0 Å². The van der Waals surface area contributed by atoms with E-state index in [0.717, 1.165) is 11.3 Å². The molecule has 0 bridgehead atoms. The second-order valence-corrected chi connectivity index (χ2v) is 9.05. The Balaban J connectivity index is 1.53. The molecule has 2 amide bonds. The molecule has 1 saturated heterocycles. The minimum Gasteiger partial charge on any atom is -0.493 e. The lowest BCUT2D eigenvalue weighted by atomic mass is 10.1. The normalized spacial score (nSPS) is 16.7. The lowest BCUT2D eigenvalue weighted by Gasteiger charge is -2.32. The molecule has 3 aromatic carbocycles. The fourth-order valence-electron chi connectivity index (χ4n) is 3.70. The number of hydrogen-bond acceptors (Lipinski definition) is 6. The first-order valence-corrected chi connectivity index (χ1v) is 12.1. The highest BCUT2D eigenvalue weighted by Crippen LogP contribution is 2.31. The van der Waals surface area contributed by atoms with E-state index < -0.39 is 5.25 Å². The Bertz CT molecular complexity index is 1200. The summed E-state index contributed by atoms with van der Waals surface area (Å²) in [7, 11) is 3.19. The van der Waals surface area contributed by atoms with Crippen molar-refractivity contribution >= 4 is 40.1 Å². The van der Waals surface area contributed by atoms with Crippen LogP contribution in [0.5, 0.6) is 11.5 Å². The Morgan fingerprint density at radius 3 is 2.37 bits per heavy atom. The van der Waals surface area contributed by atoms with Crippen molar-refractivity contribution in [3.8, 4) is 11.5 Å². The van der Waals surface area contributed by atoms with Crippen LogP contribution in [0.15, 0.2) is 83.9 Å². The van der Waals surface area contributed by atoms with Crippen molar-refractivity contribution in [2.45, 2.75) is 18.1 Å². The van der Waals surface area contributed by atoms with Crippen LogP contribution in [0.3, 0.4) is 0 Å². The number of anilines is 1. The molecule has 1 fully saturated rings. The summed E-state index contributed by atoms with van der Waals surface area (Å²) in [6.45, 7) is 0.431. The first-order valence-electron chi connectivity index (χ1n) is 11.2. The van der Waals surface area contributed by atoms with Gasteiger partial charge in [0.05, 0.1) is 19.9 Å². The Labute approximate surface area is 209 Å². The molecule has 1 heterocycles. The van der Waals surface area contributed by atoms with Gasteiger partial charge in [0.25, 0.3) is 0 Å². The fraction of sp³-hybridized carbons (Fsp3) is 0.222. The summed E-state index contributed by atoms with van der Waals surface area (Å²) >= 11 is 1.31. The van der Waals surface area contributed by atoms with E-state index >= 15 is 0 Å². The van der Waals surface area contributed by atoms with Gasteiger partial charge in [0, 0.05) is 18.7 Å². The molecule has 0 saturated carbocycles. The van der Waals surface area contributed by atoms with Gasteiger partial charge in [0.15, 0.2) is 16.7 Å². The predicted octanol–water partition coefficient (Wildman–Crippen LogP) is 4.91. The summed E-state index contributed by atoms with van der Waals surface area (Å²) in [5, 5.41) is 2.85. The maximum absolute atomic E-state index is 13.2. The van der Waals surface area contributed by atoms with E-state index in [-0.39, 0.29) is 18.2 Å². The number of hydrogen-bond donors (Lipinski definition) is 1. The number of rotatable bonds is 8. The maximum Gasteiger partial charge on any atom is 0.238 e. The topological polar surface area (TPSA) is 80.2 Å². The Kier molecular flexibility index (Phi) is 8.05. The smallest absolute Gasteiger partial charge is 0.238 e. The number of para-hydroxylation sites is 2. The summed E-state index contributed by atoms with van der Waals surface area (Å²) in [6, 6.07) is 24.4. The minimum absolute atomic E-state index is 0.100. The summed E-state index contributed by atoms with van der Waals surface area (Å²) in [4.78, 5) is 32.5. The number of thioether (sulfide) groups is 1. The van der Waals surface area contributed by atoms with Gasteiger partial charge in [-0.3, -0.25) is 14.5 Å². The number of carbonyl (C=O) groups excluding carboxylic acids is 2. The highest BCUT2D eigenvalue weighted by molar-refractivity contribution is 8.15. The molecule has 1 aliphatic heterocycles. The molecular weight excluding hydrogens is 462 g/mol. The van der Waals surface area contributed by atoms with Gasteiger partial charge in [-0.2, -0.15) is 0 Å². The monoisotopic (exact) mass is 489 g/mol. The summed E-state index contributed by atoms with van der Waals surface area (Å²) in [5.74, 6) is 0.946. The first-order chi connectivity index (χ1) is 17.1. The first kappa shape index (κ1) is 24.3. The molecule has 3 aromatic rings. The Morgan fingerprint density at radius 2 is 1.69 bits per heavy atom. The number of amides is 2. The van der Waals surface area contributed by atoms with Crippen LogP contribution in [0.2, 0.25) is 0 Å². The van der Waals surface area contributed by atoms with E-state index in [1.807, 2.05) is 78.9 Å². The fourth-order valence-corrected chi connectivity index (χ4v) is 4.82. The zero-order chi connectivity index (χ0) is 24.6. The molecule has 7 nitrogen and oxygen atoms in total. The van der Waals surface area contributed by atoms with E-state index in [9.17, 15) is 9.59 Å². The maximum atomic E-state index is 13.2. The third-order valence-electron chi connectivity index (χ3n) is 5.53. The molecule has 1 N–H and O–H groups in total. The number of amidine groups is 1. The third-order valence-corrected chi connectivity index (χ3v) is 6.71. The van der Waals surface area contributed by atoms with Gasteiger partial charge >= 0.3 is 0 Å². The number of nitrogens with one attached hydrogen (secondary N) is 1. The van der Waals surface area contributed by atoms with Crippen LogP contribution >= 0.6 is 11.8 Å². The second-order valence-electron chi connectivity index (χ2n) is 7.88. The van der Waals surface area contributed by atoms with Crippen molar-refractivity contribution in [2.24, 2.45) is 4.99 Å². The summed E-state index contributed by atoms with van der Waals surface area (Å²) in [6.07, 6.45) is 0.699. The third kappa shape index (κ3) is 6.22. The highest BCUT2D eigenvalue weighted by atomic mass is 32.2. The number of methoxy groups -OCH3 is 2. The van der Waals surface area contributed by atoms with E-state index in [0.29, 0.717) is 35.3 Å². The van der Waals surface area contributed by atoms with Crippen molar-refractivity contribution in [1.82, 2.24) is 4.90 Å². The van der Waals surface area contributed by atoms with Crippen LogP contribution in [-0.2, 0) is 16.0 Å². The van der Waals surface area contributed by atoms with E-state index in [2.05, 4.69) is 5.32 Å². The number of ether oxygens (including phenoxy) is 2. The quantitative estimate of drug-likeness (QED) is 0.487. The summed E-state index contributed by atoms with van der Waals surface area (Å²) < 4.78 is 10.7. The highest BCUT2D eigenvalue weighted by Gasteiger charge is 2.35. The van der Waals surface area contributed by atoms with Crippen LogP contribution in [0.25, 0.3) is 0 Å². The summed E-state index contributed by atoms with van der Waals surface area (Å²) in [5.41, 5.74) is 2.43. The molecule has 8 heteroatoms. The number of aliphatic imine (C=N–C) groups is 1. The van der Waals surface area contributed by atoms with Gasteiger partial charge in [0.2, 0.25) is 11.8 Å². The molecule has 0 aromatic heterocycles. The standard InChI is InChI=1S/C27H27N3O4S/c1-33-22-14-13-19(17-23(22)34-2)15-16-30-25(31)18-24(26(32)28-20-9-5-3-6-10-20)35-27(30)29-21-11-7-4-8-12-21/h3-14,17,24H,15-16,18H2,1-2H3,(H,28,32). The van der Waals surface area contributed by atoms with E-state index in [4.69, 9.17) is 14.5 Å². The molecule has 0 radical (unpaired) electrons. The van der Waals surface area contributed by atoms with Crippen molar-refractivity contribution in [2.75, 3.05) is 26.1 Å². The Morgan fingerprint density at radius 1 is 1.00 bits per heavy atom. The lowest BCUT2D eigenvalue weighted by Crippen LogP contribution is -2.46. The lowest BCUT2D eigenvalue weighted by molar-refractivity contribution is -0.129. The van der Waals surface area contributed by atoms with Crippen molar-refractivity contribution in [3.05, 3.63) is 84.4 Å². The van der Waals surface area contributed by atoms with Gasteiger partial charge in [0.1, 0.15) is 5.25 Å². The molecule has 1 unspecified atom stereocenters. The van der Waals surface area contributed by atoms with Crippen molar-refractivity contribution in [3.63, 3.8) is 0 Å². The molecule has 0 spiro atoms. The molecule has 1 aliphatic rings. The largest absolute Gasteiger partial charge is 0.493 e. The molecule has 180 valence electrons. The van der Waals surface area contributed by atoms with Gasteiger partial charge in [-0.05, 0) is 48.4 Å². The van der Waals surface area contributed by atoms with E-state index in [1.165, 1.54) is 11.8 Å². The van der Waals surface area contributed by atoms with Crippen molar-refractivity contribution in [1.29, 1.82) is 0 Å². The van der Waals surface area contributed by atoms with Crippen LogP contribution in [0, 0.1) is 0 Å². The van der Waals surface area contributed by atoms with Crippen LogP contribution in [0.4, 0.5) is 11.4 Å². The number of benzene rings is 3. The van der Waals surface area contributed by atoms with Gasteiger partial charge < -0.3 is 14.8 Å². The van der Waals surface area contributed by atoms with Crippen LogP contribution in [-0.4, -0.2) is 47.9 Å². The SMILES string of the molecule is COc1ccc(CCN2C(=O)CC(C(=O)Nc3ccccc3)SC2=Nc2ccccc2)cc1OC. The predicted molar refractivity (Wildman–Crippen MR) is 140 cm³/mol.